The van der Waals surface area contributed by atoms with Crippen LogP contribution >= 0.6 is 12.4 Å². The Morgan fingerprint density at radius 1 is 1.62 bits per heavy atom. The lowest BCUT2D eigenvalue weighted by Gasteiger charge is -2.34. The molecule has 2 atom stereocenters. The number of carbonyl (C=O) groups excluding carboxylic acids is 1. The van der Waals surface area contributed by atoms with E-state index in [1.807, 2.05) is 26.4 Å². The van der Waals surface area contributed by atoms with Crippen molar-refractivity contribution in [2.75, 3.05) is 18.0 Å². The molecule has 2 rings (SSSR count). The van der Waals surface area contributed by atoms with Crippen LogP contribution in [0, 0.1) is 0 Å². The lowest BCUT2D eigenvalue weighted by Crippen LogP contribution is -2.51. The van der Waals surface area contributed by atoms with E-state index in [4.69, 9.17) is 5.73 Å². The molecule has 1 aromatic heterocycles. The molecule has 1 aliphatic rings. The van der Waals surface area contributed by atoms with E-state index in [-0.39, 0.29) is 30.4 Å². The average molecular weight is 316 g/mol. The molecule has 1 aromatic rings. The molecular weight excluding hydrogens is 290 g/mol. The molecule has 3 N–H and O–H groups in total. The molecule has 0 aliphatic carbocycles. The van der Waals surface area contributed by atoms with Crippen LogP contribution in [-0.2, 0) is 11.8 Å². The number of nitrogens with one attached hydrogen (secondary N) is 1. The van der Waals surface area contributed by atoms with Crippen LogP contribution in [0.5, 0.6) is 0 Å². The summed E-state index contributed by atoms with van der Waals surface area (Å²) in [6.07, 6.45) is 7.64. The Balaban J connectivity index is 0.00000220. The van der Waals surface area contributed by atoms with Crippen molar-refractivity contribution >= 4 is 24.0 Å². The minimum atomic E-state index is -0.381. The van der Waals surface area contributed by atoms with Crippen LogP contribution in [0.2, 0.25) is 0 Å². The third kappa shape index (κ3) is 4.89. The number of piperidine rings is 1. The molecular formula is C14H26ClN5O. The van der Waals surface area contributed by atoms with E-state index in [9.17, 15) is 4.79 Å². The van der Waals surface area contributed by atoms with Crippen LogP contribution in [0.25, 0.3) is 0 Å². The molecule has 1 aliphatic heterocycles. The monoisotopic (exact) mass is 315 g/mol. The molecule has 21 heavy (non-hydrogen) atoms. The second-order valence-corrected chi connectivity index (χ2v) is 5.56. The highest BCUT2D eigenvalue weighted by molar-refractivity contribution is 5.85. The van der Waals surface area contributed by atoms with E-state index >= 15 is 0 Å². The van der Waals surface area contributed by atoms with Crippen molar-refractivity contribution in [2.45, 2.75) is 44.7 Å². The van der Waals surface area contributed by atoms with Gasteiger partial charge in [-0.2, -0.15) is 5.10 Å². The van der Waals surface area contributed by atoms with Gasteiger partial charge in [-0.1, -0.05) is 13.3 Å². The maximum absolute atomic E-state index is 12.0. The third-order valence-electron chi connectivity index (χ3n) is 3.76. The number of nitrogens with two attached hydrogens (primary N) is 1. The minimum absolute atomic E-state index is 0. The van der Waals surface area contributed by atoms with Crippen molar-refractivity contribution in [2.24, 2.45) is 12.8 Å². The maximum Gasteiger partial charge on any atom is 0.237 e. The molecule has 0 radical (unpaired) electrons. The molecule has 7 heteroatoms. The molecule has 6 nitrogen and oxygen atoms in total. The van der Waals surface area contributed by atoms with Gasteiger partial charge in [0.05, 0.1) is 17.9 Å². The summed E-state index contributed by atoms with van der Waals surface area (Å²) in [5, 5.41) is 7.28. The van der Waals surface area contributed by atoms with Gasteiger partial charge in [0, 0.05) is 32.4 Å². The first-order chi connectivity index (χ1) is 9.60. The first-order valence-corrected chi connectivity index (χ1v) is 7.39. The van der Waals surface area contributed by atoms with Gasteiger partial charge in [0.2, 0.25) is 5.91 Å². The van der Waals surface area contributed by atoms with Gasteiger partial charge >= 0.3 is 0 Å². The number of aromatic nitrogens is 2. The Hall–Kier alpha value is -1.27. The molecule has 1 fully saturated rings. The standard InChI is InChI=1S/C14H25N5O.ClH/c1-3-5-13(15)14(20)17-11-6-4-7-19(9-11)12-8-16-18(2)10-12;/h8,10-11,13H,3-7,9,15H2,1-2H3,(H,17,20);1H. The van der Waals surface area contributed by atoms with Gasteiger partial charge in [-0.05, 0) is 19.3 Å². The zero-order chi connectivity index (χ0) is 14.5. The van der Waals surface area contributed by atoms with Crippen molar-refractivity contribution in [3.05, 3.63) is 12.4 Å². The smallest absolute Gasteiger partial charge is 0.237 e. The summed E-state index contributed by atoms with van der Waals surface area (Å²) in [4.78, 5) is 14.2. The normalized spacial score (nSPS) is 19.8. The fourth-order valence-corrected chi connectivity index (χ4v) is 2.65. The number of hydrogen-bond acceptors (Lipinski definition) is 4. The van der Waals surface area contributed by atoms with Crippen molar-refractivity contribution in [1.82, 2.24) is 15.1 Å². The number of nitrogens with zero attached hydrogens (tertiary/aromatic N) is 3. The van der Waals surface area contributed by atoms with Crippen LogP contribution in [0.3, 0.4) is 0 Å². The average Bonchev–Trinajstić information content (AvgIpc) is 2.86. The highest BCUT2D eigenvalue weighted by Crippen LogP contribution is 2.19. The summed E-state index contributed by atoms with van der Waals surface area (Å²) in [5.41, 5.74) is 6.97. The molecule has 2 unspecified atom stereocenters. The highest BCUT2D eigenvalue weighted by Gasteiger charge is 2.24. The third-order valence-corrected chi connectivity index (χ3v) is 3.76. The van der Waals surface area contributed by atoms with Gasteiger partial charge in [-0.3, -0.25) is 9.48 Å². The Morgan fingerprint density at radius 3 is 3.00 bits per heavy atom. The molecule has 1 amide bonds. The quantitative estimate of drug-likeness (QED) is 0.851. The molecule has 1 saturated heterocycles. The largest absolute Gasteiger partial charge is 0.367 e. The second kappa shape index (κ2) is 8.24. The Bertz CT molecular complexity index is 450. The maximum atomic E-state index is 12.0. The van der Waals surface area contributed by atoms with Crippen LogP contribution in [0.15, 0.2) is 12.4 Å². The van der Waals surface area contributed by atoms with E-state index in [2.05, 4.69) is 15.3 Å². The van der Waals surface area contributed by atoms with Gasteiger partial charge in [0.1, 0.15) is 0 Å². The van der Waals surface area contributed by atoms with Crippen LogP contribution < -0.4 is 16.0 Å². The van der Waals surface area contributed by atoms with Crippen LogP contribution in [0.1, 0.15) is 32.6 Å². The van der Waals surface area contributed by atoms with E-state index in [0.717, 1.165) is 44.5 Å². The summed E-state index contributed by atoms with van der Waals surface area (Å²) >= 11 is 0. The Labute approximate surface area is 132 Å². The summed E-state index contributed by atoms with van der Waals surface area (Å²) in [7, 11) is 1.91. The fraction of sp³-hybridized carbons (Fsp3) is 0.714. The summed E-state index contributed by atoms with van der Waals surface area (Å²) in [6.45, 7) is 3.88. The number of anilines is 1. The first-order valence-electron chi connectivity index (χ1n) is 7.39. The Morgan fingerprint density at radius 2 is 2.38 bits per heavy atom. The topological polar surface area (TPSA) is 76.2 Å². The number of carbonyl (C=O) groups is 1. The minimum Gasteiger partial charge on any atom is -0.367 e. The van der Waals surface area contributed by atoms with Crippen molar-refractivity contribution < 1.29 is 4.79 Å². The zero-order valence-electron chi connectivity index (χ0n) is 12.8. The predicted octanol–water partition coefficient (Wildman–Crippen LogP) is 1.05. The van der Waals surface area contributed by atoms with Gasteiger partial charge in [-0.15, -0.1) is 12.4 Å². The van der Waals surface area contributed by atoms with Crippen molar-refractivity contribution in [3.8, 4) is 0 Å². The molecule has 120 valence electrons. The van der Waals surface area contributed by atoms with Crippen molar-refractivity contribution in [1.29, 1.82) is 0 Å². The number of halogens is 1. The molecule has 0 bridgehead atoms. The highest BCUT2D eigenvalue weighted by atomic mass is 35.5. The van der Waals surface area contributed by atoms with Crippen LogP contribution in [-0.4, -0.2) is 40.9 Å². The Kier molecular flexibility index (Phi) is 6.98. The second-order valence-electron chi connectivity index (χ2n) is 5.56. The summed E-state index contributed by atoms with van der Waals surface area (Å²) in [5.74, 6) is -0.0233. The van der Waals surface area contributed by atoms with Gasteiger partial charge < -0.3 is 16.0 Å². The summed E-state index contributed by atoms with van der Waals surface area (Å²) < 4.78 is 1.80. The fourth-order valence-electron chi connectivity index (χ4n) is 2.65. The predicted molar refractivity (Wildman–Crippen MR) is 86.7 cm³/mol. The number of amides is 1. The summed E-state index contributed by atoms with van der Waals surface area (Å²) in [6, 6.07) is -0.201. The number of hydrogen-bond donors (Lipinski definition) is 2. The lowest BCUT2D eigenvalue weighted by molar-refractivity contribution is -0.123. The van der Waals surface area contributed by atoms with Crippen molar-refractivity contribution in [3.63, 3.8) is 0 Å². The van der Waals surface area contributed by atoms with Crippen LogP contribution in [0.4, 0.5) is 5.69 Å². The number of rotatable bonds is 5. The van der Waals surface area contributed by atoms with Gasteiger partial charge in [-0.25, -0.2) is 0 Å². The van der Waals surface area contributed by atoms with Gasteiger partial charge in [0.25, 0.3) is 0 Å². The van der Waals surface area contributed by atoms with E-state index in [1.165, 1.54) is 0 Å². The molecule has 0 spiro atoms. The first kappa shape index (κ1) is 17.8. The van der Waals surface area contributed by atoms with E-state index in [1.54, 1.807) is 4.68 Å². The SMILES string of the molecule is CCCC(N)C(=O)NC1CCCN(c2cnn(C)c2)C1.Cl. The van der Waals surface area contributed by atoms with E-state index < -0.39 is 0 Å². The van der Waals surface area contributed by atoms with E-state index in [0.29, 0.717) is 0 Å². The molecule has 0 saturated carbocycles. The molecule has 0 aromatic carbocycles. The number of aryl methyl sites for hydroxylation is 1. The zero-order valence-corrected chi connectivity index (χ0v) is 13.6. The van der Waals surface area contributed by atoms with Gasteiger partial charge in [0.15, 0.2) is 0 Å². The lowest BCUT2D eigenvalue weighted by atomic mass is 10.0. The molecule has 2 heterocycles.